The van der Waals surface area contributed by atoms with Gasteiger partial charge in [0.15, 0.2) is 0 Å². The molecule has 0 aliphatic heterocycles. The van der Waals surface area contributed by atoms with Crippen LogP contribution < -0.4 is 9.46 Å². The summed E-state index contributed by atoms with van der Waals surface area (Å²) in [5.41, 5.74) is 0. The minimum Gasteiger partial charge on any atom is -0.494 e. The Morgan fingerprint density at radius 1 is 1.13 bits per heavy atom. The van der Waals surface area contributed by atoms with Crippen molar-refractivity contribution in [3.8, 4) is 5.75 Å². The van der Waals surface area contributed by atoms with Crippen molar-refractivity contribution < 1.29 is 18.3 Å². The maximum Gasteiger partial charge on any atom is 0.240 e. The van der Waals surface area contributed by atoms with Crippen LogP contribution in [-0.4, -0.2) is 32.8 Å². The van der Waals surface area contributed by atoms with E-state index in [0.29, 0.717) is 13.0 Å². The second kappa shape index (κ2) is 7.77. The number of hydrogen-bond donors (Lipinski definition) is 2. The molecule has 0 radical (unpaired) electrons. The van der Waals surface area contributed by atoms with Gasteiger partial charge >= 0.3 is 0 Å². The highest BCUT2D eigenvalue weighted by atomic mass is 32.2. The number of aliphatic hydroxyl groups is 1. The summed E-state index contributed by atoms with van der Waals surface area (Å²) in [6, 6.07) is 10.1. The predicted molar refractivity (Wildman–Crippen MR) is 91.2 cm³/mol. The summed E-state index contributed by atoms with van der Waals surface area (Å²) in [6.07, 6.45) is 1.46. The molecule has 1 unspecified atom stereocenters. The number of benzene rings is 2. The van der Waals surface area contributed by atoms with Gasteiger partial charge in [0.25, 0.3) is 0 Å². The summed E-state index contributed by atoms with van der Waals surface area (Å²) in [4.78, 5) is 0.194. The third kappa shape index (κ3) is 4.43. The lowest BCUT2D eigenvalue weighted by molar-refractivity contribution is 0.254. The summed E-state index contributed by atoms with van der Waals surface area (Å²) < 4.78 is 32.8. The maximum absolute atomic E-state index is 12.4. The van der Waals surface area contributed by atoms with Gasteiger partial charge in [-0.3, -0.25) is 0 Å². The van der Waals surface area contributed by atoms with Gasteiger partial charge < -0.3 is 9.84 Å². The van der Waals surface area contributed by atoms with Crippen LogP contribution in [0, 0.1) is 0 Å². The van der Waals surface area contributed by atoms with E-state index in [1.165, 1.54) is 0 Å². The van der Waals surface area contributed by atoms with Crippen LogP contribution in [0.3, 0.4) is 0 Å². The smallest absolute Gasteiger partial charge is 0.240 e. The van der Waals surface area contributed by atoms with Gasteiger partial charge in [0.2, 0.25) is 10.0 Å². The molecule has 23 heavy (non-hydrogen) atoms. The zero-order chi connectivity index (χ0) is 16.9. The molecular weight excluding hydrogens is 314 g/mol. The molecule has 0 amide bonds. The first-order chi connectivity index (χ1) is 11.0. The lowest BCUT2D eigenvalue weighted by atomic mass is 10.1. The second-order valence-electron chi connectivity index (χ2n) is 5.43. The lowest BCUT2D eigenvalue weighted by Crippen LogP contribution is -2.36. The van der Waals surface area contributed by atoms with Crippen molar-refractivity contribution in [3.05, 3.63) is 36.4 Å². The van der Waals surface area contributed by atoms with Gasteiger partial charge in [0, 0.05) is 6.04 Å². The van der Waals surface area contributed by atoms with Gasteiger partial charge in [-0.15, -0.1) is 0 Å². The molecule has 126 valence electrons. The molecule has 1 atom stereocenters. The van der Waals surface area contributed by atoms with Crippen LogP contribution in [0.2, 0.25) is 0 Å². The van der Waals surface area contributed by atoms with Crippen LogP contribution in [0.5, 0.6) is 5.75 Å². The average molecular weight is 337 g/mol. The minimum atomic E-state index is -3.64. The summed E-state index contributed by atoms with van der Waals surface area (Å²) in [5.74, 6) is 0.777. The molecule has 2 N–H and O–H groups in total. The van der Waals surface area contributed by atoms with E-state index in [-0.39, 0.29) is 11.5 Å². The van der Waals surface area contributed by atoms with Gasteiger partial charge in [0.05, 0.1) is 18.1 Å². The molecular formula is C17H23NO4S. The van der Waals surface area contributed by atoms with E-state index in [1.54, 1.807) is 18.2 Å². The minimum absolute atomic E-state index is 0.194. The van der Waals surface area contributed by atoms with Crippen molar-refractivity contribution in [2.24, 2.45) is 0 Å². The second-order valence-corrected chi connectivity index (χ2v) is 7.14. The summed E-state index contributed by atoms with van der Waals surface area (Å²) in [6.45, 7) is 4.30. The molecule has 0 spiro atoms. The highest BCUT2D eigenvalue weighted by molar-refractivity contribution is 7.89. The van der Waals surface area contributed by atoms with E-state index in [1.807, 2.05) is 32.0 Å². The van der Waals surface area contributed by atoms with Crippen molar-refractivity contribution in [1.29, 1.82) is 0 Å². The van der Waals surface area contributed by atoms with Crippen LogP contribution in [-0.2, 0) is 10.0 Å². The quantitative estimate of drug-likeness (QED) is 0.776. The van der Waals surface area contributed by atoms with Crippen LogP contribution in [0.25, 0.3) is 10.8 Å². The number of nitrogens with one attached hydrogen (secondary N) is 1. The van der Waals surface area contributed by atoms with Gasteiger partial charge in [0.1, 0.15) is 5.75 Å². The summed E-state index contributed by atoms with van der Waals surface area (Å²) in [5, 5.41) is 10.9. The Morgan fingerprint density at radius 2 is 1.83 bits per heavy atom. The van der Waals surface area contributed by atoms with E-state index in [0.717, 1.165) is 22.9 Å². The Balaban J connectivity index is 2.29. The van der Waals surface area contributed by atoms with E-state index in [4.69, 9.17) is 9.84 Å². The largest absolute Gasteiger partial charge is 0.494 e. The fourth-order valence-corrected chi connectivity index (χ4v) is 3.56. The number of hydrogen-bond acceptors (Lipinski definition) is 4. The molecule has 2 aromatic rings. The fourth-order valence-electron chi connectivity index (χ4n) is 2.22. The fraction of sp³-hybridized carbons (Fsp3) is 0.412. The molecule has 0 heterocycles. The van der Waals surface area contributed by atoms with Gasteiger partial charge in [-0.25, -0.2) is 13.1 Å². The van der Waals surface area contributed by atoms with Crippen molar-refractivity contribution in [3.63, 3.8) is 0 Å². The highest BCUT2D eigenvalue weighted by Crippen LogP contribution is 2.24. The molecule has 0 saturated heterocycles. The van der Waals surface area contributed by atoms with E-state index in [2.05, 4.69) is 4.72 Å². The number of sulfonamides is 1. The van der Waals surface area contributed by atoms with Crippen LogP contribution >= 0.6 is 0 Å². The normalized spacial score (nSPS) is 13.2. The topological polar surface area (TPSA) is 75.6 Å². The Hall–Kier alpha value is -1.63. The first-order valence-corrected chi connectivity index (χ1v) is 9.28. The predicted octanol–water partition coefficient (Wildman–Crippen LogP) is 2.68. The molecule has 6 heteroatoms. The van der Waals surface area contributed by atoms with Crippen molar-refractivity contribution in [2.45, 2.75) is 37.6 Å². The number of ether oxygens (including phenoxy) is 1. The van der Waals surface area contributed by atoms with Crippen molar-refractivity contribution >= 4 is 20.8 Å². The Morgan fingerprint density at radius 3 is 2.48 bits per heavy atom. The molecule has 0 aliphatic carbocycles. The number of fused-ring (bicyclic) bond motifs is 1. The molecule has 2 aromatic carbocycles. The zero-order valence-corrected chi connectivity index (χ0v) is 14.3. The van der Waals surface area contributed by atoms with E-state index < -0.39 is 16.1 Å². The SMILES string of the molecule is CCCOc1ccc2cc(S(=O)(=O)NC(CC)CO)ccc2c1. The Bertz CT molecular complexity index is 754. The van der Waals surface area contributed by atoms with Crippen LogP contribution in [0.4, 0.5) is 0 Å². The first-order valence-electron chi connectivity index (χ1n) is 7.80. The Labute approximate surface area is 137 Å². The average Bonchev–Trinajstić information content (AvgIpc) is 2.57. The molecule has 2 rings (SSSR count). The zero-order valence-electron chi connectivity index (χ0n) is 13.5. The number of aliphatic hydroxyl groups excluding tert-OH is 1. The van der Waals surface area contributed by atoms with Gasteiger partial charge in [-0.1, -0.05) is 26.0 Å². The summed E-state index contributed by atoms with van der Waals surface area (Å²) in [7, 11) is -3.64. The molecule has 0 aliphatic rings. The van der Waals surface area contributed by atoms with Gasteiger partial charge in [-0.2, -0.15) is 0 Å². The number of rotatable bonds is 8. The Kier molecular flexibility index (Phi) is 5.98. The van der Waals surface area contributed by atoms with Gasteiger partial charge in [-0.05, 0) is 47.9 Å². The third-order valence-corrected chi connectivity index (χ3v) is 5.12. The lowest BCUT2D eigenvalue weighted by Gasteiger charge is -2.14. The van der Waals surface area contributed by atoms with Crippen molar-refractivity contribution in [1.82, 2.24) is 4.72 Å². The van der Waals surface area contributed by atoms with Crippen LogP contribution in [0.15, 0.2) is 41.3 Å². The van der Waals surface area contributed by atoms with Crippen molar-refractivity contribution in [2.75, 3.05) is 13.2 Å². The molecule has 0 bridgehead atoms. The third-order valence-electron chi connectivity index (χ3n) is 3.60. The van der Waals surface area contributed by atoms with E-state index in [9.17, 15) is 8.42 Å². The van der Waals surface area contributed by atoms with E-state index >= 15 is 0 Å². The molecule has 0 saturated carbocycles. The van der Waals surface area contributed by atoms with Crippen LogP contribution in [0.1, 0.15) is 26.7 Å². The summed E-state index contributed by atoms with van der Waals surface area (Å²) >= 11 is 0. The highest BCUT2D eigenvalue weighted by Gasteiger charge is 2.18. The first kappa shape index (κ1) is 17.7. The monoisotopic (exact) mass is 337 g/mol. The maximum atomic E-state index is 12.4. The molecule has 0 fully saturated rings. The standard InChI is InChI=1S/C17H23NO4S/c1-3-9-22-16-7-5-14-11-17(8-6-13(14)10-16)23(20,21)18-15(4-2)12-19/h5-8,10-11,15,18-19H,3-4,9,12H2,1-2H3. The molecule has 0 aromatic heterocycles. The molecule has 5 nitrogen and oxygen atoms in total.